The van der Waals surface area contributed by atoms with Crippen LogP contribution in [0, 0.1) is 11.3 Å². The van der Waals surface area contributed by atoms with Crippen molar-refractivity contribution in [2.45, 2.75) is 30.9 Å². The largest absolute Gasteiger partial charge is 0.393 e. The minimum atomic E-state index is -0.144. The molecule has 1 atom stereocenters. The van der Waals surface area contributed by atoms with Crippen molar-refractivity contribution < 1.29 is 5.11 Å². The number of hydrogen-bond donors (Lipinski definition) is 2. The zero-order valence-corrected chi connectivity index (χ0v) is 9.13. The van der Waals surface area contributed by atoms with Gasteiger partial charge in [0.2, 0.25) is 0 Å². The highest BCUT2D eigenvalue weighted by molar-refractivity contribution is 5.25. The van der Waals surface area contributed by atoms with Crippen LogP contribution in [0.4, 0.5) is 0 Å². The van der Waals surface area contributed by atoms with Crippen LogP contribution in [0.25, 0.3) is 0 Å². The zero-order valence-electron chi connectivity index (χ0n) is 9.13. The van der Waals surface area contributed by atoms with Gasteiger partial charge in [0, 0.05) is 12.6 Å². The molecule has 1 aliphatic carbocycles. The van der Waals surface area contributed by atoms with Crippen molar-refractivity contribution in [1.82, 2.24) is 5.32 Å². The van der Waals surface area contributed by atoms with Crippen LogP contribution in [-0.4, -0.2) is 23.8 Å². The van der Waals surface area contributed by atoms with E-state index in [1.807, 2.05) is 30.3 Å². The molecule has 16 heavy (non-hydrogen) atoms. The second-order valence-corrected chi connectivity index (χ2v) is 4.32. The van der Waals surface area contributed by atoms with E-state index in [2.05, 4.69) is 11.4 Å². The predicted octanol–water partition coefficient (Wildman–Crippen LogP) is 1.41. The number of benzene rings is 1. The molecule has 0 amide bonds. The predicted molar refractivity (Wildman–Crippen MR) is 61.8 cm³/mol. The van der Waals surface area contributed by atoms with Gasteiger partial charge in [0.05, 0.1) is 18.1 Å². The van der Waals surface area contributed by atoms with Gasteiger partial charge in [-0.2, -0.15) is 5.26 Å². The maximum Gasteiger partial charge on any atom is 0.0837 e. The van der Waals surface area contributed by atoms with E-state index in [0.717, 1.165) is 18.4 Å². The van der Waals surface area contributed by atoms with Crippen molar-refractivity contribution in [3.8, 4) is 6.07 Å². The average molecular weight is 216 g/mol. The summed E-state index contributed by atoms with van der Waals surface area (Å²) in [7, 11) is 0. The Balaban J connectivity index is 1.85. The van der Waals surface area contributed by atoms with Crippen LogP contribution in [-0.2, 0) is 0 Å². The van der Waals surface area contributed by atoms with Gasteiger partial charge in [-0.3, -0.25) is 0 Å². The zero-order chi connectivity index (χ0) is 11.4. The van der Waals surface area contributed by atoms with Crippen molar-refractivity contribution in [3.63, 3.8) is 0 Å². The maximum atomic E-state index is 9.15. The van der Waals surface area contributed by atoms with E-state index in [1.54, 1.807) is 0 Å². The van der Waals surface area contributed by atoms with E-state index in [0.29, 0.717) is 12.6 Å². The molecule has 0 bridgehead atoms. The molecule has 1 unspecified atom stereocenters. The summed E-state index contributed by atoms with van der Waals surface area (Å²) >= 11 is 0. The lowest BCUT2D eigenvalue weighted by molar-refractivity contribution is 0.0625. The summed E-state index contributed by atoms with van der Waals surface area (Å²) < 4.78 is 0. The molecule has 0 aromatic heterocycles. The Morgan fingerprint density at radius 3 is 2.62 bits per heavy atom. The molecule has 84 valence electrons. The van der Waals surface area contributed by atoms with Crippen molar-refractivity contribution in [2.24, 2.45) is 0 Å². The van der Waals surface area contributed by atoms with E-state index in [4.69, 9.17) is 10.4 Å². The van der Waals surface area contributed by atoms with Gasteiger partial charge in [0.1, 0.15) is 0 Å². The summed E-state index contributed by atoms with van der Waals surface area (Å²) in [5.74, 6) is -0.0982. The molecule has 3 heteroatoms. The van der Waals surface area contributed by atoms with Crippen LogP contribution < -0.4 is 5.32 Å². The summed E-state index contributed by atoms with van der Waals surface area (Å²) in [5, 5.41) is 21.6. The molecule has 2 rings (SSSR count). The van der Waals surface area contributed by atoms with Gasteiger partial charge in [0.15, 0.2) is 0 Å². The fourth-order valence-electron chi connectivity index (χ4n) is 1.96. The summed E-state index contributed by atoms with van der Waals surface area (Å²) in [6.45, 7) is 0.665. The molecule has 0 saturated heterocycles. The average Bonchev–Trinajstić information content (AvgIpc) is 2.28. The van der Waals surface area contributed by atoms with Crippen molar-refractivity contribution in [3.05, 3.63) is 35.9 Å². The number of aliphatic hydroxyl groups excluding tert-OH is 1. The van der Waals surface area contributed by atoms with Crippen molar-refractivity contribution in [1.29, 1.82) is 5.26 Å². The van der Waals surface area contributed by atoms with Gasteiger partial charge < -0.3 is 10.4 Å². The molecule has 3 nitrogen and oxygen atoms in total. The van der Waals surface area contributed by atoms with E-state index < -0.39 is 0 Å². The van der Waals surface area contributed by atoms with Crippen LogP contribution in [0.3, 0.4) is 0 Å². The maximum absolute atomic E-state index is 9.15. The Morgan fingerprint density at radius 1 is 1.38 bits per heavy atom. The van der Waals surface area contributed by atoms with Gasteiger partial charge in [-0.15, -0.1) is 0 Å². The molecule has 1 saturated carbocycles. The molecule has 1 aliphatic rings. The summed E-state index contributed by atoms with van der Waals surface area (Å²) in [4.78, 5) is 0. The van der Waals surface area contributed by atoms with E-state index in [-0.39, 0.29) is 12.0 Å². The van der Waals surface area contributed by atoms with Gasteiger partial charge in [-0.25, -0.2) is 0 Å². The quantitative estimate of drug-likeness (QED) is 0.800. The highest BCUT2D eigenvalue weighted by Gasteiger charge is 2.27. The van der Waals surface area contributed by atoms with Crippen molar-refractivity contribution >= 4 is 0 Å². The molecule has 2 N–H and O–H groups in total. The second-order valence-electron chi connectivity index (χ2n) is 4.32. The minimum Gasteiger partial charge on any atom is -0.393 e. The number of nitrogens with zero attached hydrogens (tertiary/aromatic N) is 1. The van der Waals surface area contributed by atoms with Gasteiger partial charge in [0.25, 0.3) is 0 Å². The third-order valence-corrected chi connectivity index (χ3v) is 3.08. The fourth-order valence-corrected chi connectivity index (χ4v) is 1.96. The molecule has 1 aromatic rings. The van der Waals surface area contributed by atoms with Crippen LogP contribution in [0.2, 0.25) is 0 Å². The summed E-state index contributed by atoms with van der Waals surface area (Å²) in [6, 6.07) is 12.5. The lowest BCUT2D eigenvalue weighted by Crippen LogP contribution is -2.45. The standard InChI is InChI=1S/C13H16N2O/c14-8-11(10-4-2-1-3-5-10)9-15-12-6-13(16)7-12/h1-5,11-13,15-16H,6-7,9H2. The SMILES string of the molecule is N#CC(CNC1CC(O)C1)c1ccccc1. The third kappa shape index (κ3) is 2.60. The van der Waals surface area contributed by atoms with Crippen molar-refractivity contribution in [2.75, 3.05) is 6.54 Å². The first-order chi connectivity index (χ1) is 7.79. The molecule has 0 spiro atoms. The Labute approximate surface area is 95.7 Å². The molecule has 1 fully saturated rings. The Morgan fingerprint density at radius 2 is 2.06 bits per heavy atom. The monoisotopic (exact) mass is 216 g/mol. The fraction of sp³-hybridized carbons (Fsp3) is 0.462. The lowest BCUT2D eigenvalue weighted by Gasteiger charge is -2.32. The molecule has 0 aliphatic heterocycles. The Kier molecular flexibility index (Phi) is 3.55. The number of nitriles is 1. The molecule has 0 radical (unpaired) electrons. The number of rotatable bonds is 4. The van der Waals surface area contributed by atoms with Crippen LogP contribution in [0.1, 0.15) is 24.3 Å². The summed E-state index contributed by atoms with van der Waals surface area (Å²) in [6.07, 6.45) is 1.48. The third-order valence-electron chi connectivity index (χ3n) is 3.08. The molecule has 1 aromatic carbocycles. The van der Waals surface area contributed by atoms with Gasteiger partial charge in [-0.1, -0.05) is 30.3 Å². The first kappa shape index (κ1) is 11.1. The Bertz CT molecular complexity index is 365. The van der Waals surface area contributed by atoms with Crippen LogP contribution in [0.5, 0.6) is 0 Å². The number of aliphatic hydroxyl groups is 1. The molecule has 0 heterocycles. The van der Waals surface area contributed by atoms with E-state index in [1.165, 1.54) is 0 Å². The first-order valence-corrected chi connectivity index (χ1v) is 5.65. The van der Waals surface area contributed by atoms with Crippen LogP contribution in [0.15, 0.2) is 30.3 Å². The highest BCUT2D eigenvalue weighted by Crippen LogP contribution is 2.21. The Hall–Kier alpha value is -1.37. The lowest BCUT2D eigenvalue weighted by atomic mass is 9.89. The molecular formula is C13H16N2O. The second kappa shape index (κ2) is 5.11. The normalized spacial score (nSPS) is 25.5. The summed E-state index contributed by atoms with van der Waals surface area (Å²) in [5.41, 5.74) is 1.05. The number of nitrogens with one attached hydrogen (secondary N) is 1. The number of hydrogen-bond acceptors (Lipinski definition) is 3. The smallest absolute Gasteiger partial charge is 0.0837 e. The van der Waals surface area contributed by atoms with E-state index in [9.17, 15) is 0 Å². The van der Waals surface area contributed by atoms with Gasteiger partial charge in [-0.05, 0) is 18.4 Å². The van der Waals surface area contributed by atoms with Gasteiger partial charge >= 0.3 is 0 Å². The van der Waals surface area contributed by atoms with E-state index >= 15 is 0 Å². The minimum absolute atomic E-state index is 0.0982. The highest BCUT2D eigenvalue weighted by atomic mass is 16.3. The molecular weight excluding hydrogens is 200 g/mol. The van der Waals surface area contributed by atoms with Crippen LogP contribution >= 0.6 is 0 Å². The topological polar surface area (TPSA) is 56.0 Å². The first-order valence-electron chi connectivity index (χ1n) is 5.65.